The Hall–Kier alpha value is -3.58. The van der Waals surface area contributed by atoms with E-state index in [0.29, 0.717) is 21.9 Å². The number of benzene rings is 2. The Morgan fingerprint density at radius 1 is 1.10 bits per heavy atom. The Morgan fingerprint density at radius 2 is 1.87 bits per heavy atom. The third-order valence-electron chi connectivity index (χ3n) is 4.79. The zero-order chi connectivity index (χ0) is 21.3. The van der Waals surface area contributed by atoms with E-state index in [2.05, 4.69) is 15.3 Å². The summed E-state index contributed by atoms with van der Waals surface area (Å²) in [7, 11) is 0. The molecule has 0 aliphatic rings. The van der Waals surface area contributed by atoms with E-state index < -0.39 is 11.7 Å². The predicted molar refractivity (Wildman–Crippen MR) is 118 cm³/mol. The van der Waals surface area contributed by atoms with Crippen molar-refractivity contribution in [1.82, 2.24) is 9.97 Å². The molecular weight excluding hydrogens is 399 g/mol. The first kappa shape index (κ1) is 19.7. The van der Waals surface area contributed by atoms with Crippen LogP contribution in [0, 0.1) is 19.7 Å². The number of nitrogens with zero attached hydrogens (tertiary/aromatic N) is 2. The van der Waals surface area contributed by atoms with E-state index in [4.69, 9.17) is 5.73 Å². The number of aryl methyl sites for hydroxylation is 2. The number of anilines is 2. The normalized spacial score (nSPS) is 10.8. The summed E-state index contributed by atoms with van der Waals surface area (Å²) >= 11 is 1.42. The molecule has 0 aliphatic heterocycles. The van der Waals surface area contributed by atoms with Gasteiger partial charge in [0.2, 0.25) is 5.91 Å². The maximum Gasteiger partial charge on any atom is 0.249 e. The zero-order valence-corrected chi connectivity index (χ0v) is 17.3. The first-order valence-electron chi connectivity index (χ1n) is 9.27. The van der Waals surface area contributed by atoms with Crippen LogP contribution in [0.1, 0.15) is 21.5 Å². The van der Waals surface area contributed by atoms with Crippen molar-refractivity contribution >= 4 is 28.1 Å². The number of amides is 1. The number of hydrogen-bond acceptors (Lipinski definition) is 5. The van der Waals surface area contributed by atoms with E-state index in [0.717, 1.165) is 22.4 Å². The molecule has 0 spiro atoms. The number of nitrogens with two attached hydrogens (primary N) is 1. The minimum atomic E-state index is -0.621. The summed E-state index contributed by atoms with van der Waals surface area (Å²) in [5, 5.41) is 5.84. The van der Waals surface area contributed by atoms with Crippen LogP contribution in [0.25, 0.3) is 22.4 Å². The van der Waals surface area contributed by atoms with E-state index >= 15 is 0 Å². The van der Waals surface area contributed by atoms with Gasteiger partial charge in [-0.3, -0.25) is 9.78 Å². The summed E-state index contributed by atoms with van der Waals surface area (Å²) in [5.74, 6) is -1.03. The van der Waals surface area contributed by atoms with Crippen molar-refractivity contribution in [3.63, 3.8) is 0 Å². The first-order valence-corrected chi connectivity index (χ1v) is 10.1. The molecule has 2 aromatic heterocycles. The largest absolute Gasteiger partial charge is 0.366 e. The maximum atomic E-state index is 14.9. The highest BCUT2D eigenvalue weighted by Crippen LogP contribution is 2.38. The number of rotatable bonds is 5. The van der Waals surface area contributed by atoms with Gasteiger partial charge in [0.05, 0.1) is 11.4 Å². The molecule has 4 aromatic rings. The Bertz CT molecular complexity index is 1240. The third kappa shape index (κ3) is 3.79. The zero-order valence-electron chi connectivity index (χ0n) is 16.4. The Kier molecular flexibility index (Phi) is 5.29. The third-order valence-corrected chi connectivity index (χ3v) is 5.54. The number of primary amides is 1. The van der Waals surface area contributed by atoms with Gasteiger partial charge in [0, 0.05) is 40.0 Å². The van der Waals surface area contributed by atoms with Gasteiger partial charge in [-0.25, -0.2) is 9.37 Å². The van der Waals surface area contributed by atoms with Crippen molar-refractivity contribution in [3.05, 3.63) is 82.7 Å². The van der Waals surface area contributed by atoms with E-state index in [9.17, 15) is 9.18 Å². The smallest absolute Gasteiger partial charge is 0.249 e. The fourth-order valence-electron chi connectivity index (χ4n) is 3.27. The van der Waals surface area contributed by atoms with Crippen molar-refractivity contribution in [1.29, 1.82) is 0 Å². The molecule has 30 heavy (non-hydrogen) atoms. The number of carbonyl (C=O) groups is 1. The number of carbonyl (C=O) groups excluding carboxylic acids is 1. The Balaban J connectivity index is 1.83. The molecular formula is C23H19FN4OS. The SMILES string of the molecule is Cc1ccc(-c2c(C(N)=O)ccc(C)c2Nc2nc(-c3ccncc3)cs2)c(F)c1. The number of nitrogens with one attached hydrogen (secondary N) is 1. The van der Waals surface area contributed by atoms with Gasteiger partial charge in [0.25, 0.3) is 0 Å². The van der Waals surface area contributed by atoms with Crippen LogP contribution < -0.4 is 11.1 Å². The second kappa shape index (κ2) is 8.04. The fourth-order valence-corrected chi connectivity index (χ4v) is 3.99. The van der Waals surface area contributed by atoms with Gasteiger partial charge in [-0.15, -0.1) is 11.3 Å². The predicted octanol–water partition coefficient (Wildman–Crippen LogP) is 5.47. The van der Waals surface area contributed by atoms with Gasteiger partial charge < -0.3 is 11.1 Å². The number of aromatic nitrogens is 2. The molecule has 7 heteroatoms. The van der Waals surface area contributed by atoms with Crippen LogP contribution >= 0.6 is 11.3 Å². The lowest BCUT2D eigenvalue weighted by molar-refractivity contribution is 0.100. The highest BCUT2D eigenvalue weighted by atomic mass is 32.1. The van der Waals surface area contributed by atoms with Crippen molar-refractivity contribution in [2.75, 3.05) is 5.32 Å². The molecule has 5 nitrogen and oxygen atoms in total. The standard InChI is InChI=1S/C23H19FN4OS/c1-13-3-5-16(18(24)11-13)20-17(22(25)29)6-4-14(2)21(20)28-23-27-19(12-30-23)15-7-9-26-10-8-15/h3-12H,1-2H3,(H2,25,29)(H,27,28). The monoisotopic (exact) mass is 418 g/mol. The van der Waals surface area contributed by atoms with Gasteiger partial charge in [-0.05, 0) is 49.2 Å². The molecule has 0 saturated carbocycles. The molecule has 0 saturated heterocycles. The molecule has 150 valence electrons. The van der Waals surface area contributed by atoms with E-state index in [1.54, 1.807) is 36.7 Å². The topological polar surface area (TPSA) is 80.9 Å². The molecule has 0 atom stereocenters. The summed E-state index contributed by atoms with van der Waals surface area (Å²) < 4.78 is 14.9. The van der Waals surface area contributed by atoms with Crippen LogP contribution in [-0.2, 0) is 0 Å². The summed E-state index contributed by atoms with van der Waals surface area (Å²) in [6, 6.07) is 12.1. The molecule has 3 N–H and O–H groups in total. The Labute approximate surface area is 177 Å². The summed E-state index contributed by atoms with van der Waals surface area (Å²) in [5.41, 5.74) is 10.6. The lowest BCUT2D eigenvalue weighted by atomic mass is 9.93. The Morgan fingerprint density at radius 3 is 2.57 bits per heavy atom. The summed E-state index contributed by atoms with van der Waals surface area (Å²) in [6.45, 7) is 3.70. The molecule has 0 unspecified atom stereocenters. The lowest BCUT2D eigenvalue weighted by Crippen LogP contribution is -2.14. The van der Waals surface area contributed by atoms with Crippen LogP contribution in [0.4, 0.5) is 15.2 Å². The minimum Gasteiger partial charge on any atom is -0.366 e. The molecule has 4 rings (SSSR count). The van der Waals surface area contributed by atoms with Crippen LogP contribution in [0.3, 0.4) is 0 Å². The summed E-state index contributed by atoms with van der Waals surface area (Å²) in [4.78, 5) is 20.8. The molecule has 2 heterocycles. The molecule has 2 aromatic carbocycles. The van der Waals surface area contributed by atoms with Crippen molar-refractivity contribution in [3.8, 4) is 22.4 Å². The van der Waals surface area contributed by atoms with Crippen LogP contribution in [-0.4, -0.2) is 15.9 Å². The van der Waals surface area contributed by atoms with Crippen LogP contribution in [0.2, 0.25) is 0 Å². The number of pyridine rings is 1. The van der Waals surface area contributed by atoms with Gasteiger partial charge in [-0.2, -0.15) is 0 Å². The first-order chi connectivity index (χ1) is 14.4. The number of hydrogen-bond donors (Lipinski definition) is 2. The molecule has 0 aliphatic carbocycles. The average Bonchev–Trinajstić information content (AvgIpc) is 3.19. The van der Waals surface area contributed by atoms with Gasteiger partial charge in [0.1, 0.15) is 5.82 Å². The van der Waals surface area contributed by atoms with Gasteiger partial charge in [0.15, 0.2) is 5.13 Å². The van der Waals surface area contributed by atoms with Crippen molar-refractivity contribution in [2.24, 2.45) is 5.73 Å². The van der Waals surface area contributed by atoms with E-state index in [1.165, 1.54) is 17.4 Å². The number of thiazole rings is 1. The minimum absolute atomic E-state index is 0.247. The van der Waals surface area contributed by atoms with Crippen molar-refractivity contribution in [2.45, 2.75) is 13.8 Å². The highest BCUT2D eigenvalue weighted by Gasteiger charge is 2.20. The lowest BCUT2D eigenvalue weighted by Gasteiger charge is -2.17. The fraction of sp³-hybridized carbons (Fsp3) is 0.0870. The highest BCUT2D eigenvalue weighted by molar-refractivity contribution is 7.14. The quantitative estimate of drug-likeness (QED) is 0.450. The van der Waals surface area contributed by atoms with Crippen molar-refractivity contribution < 1.29 is 9.18 Å². The van der Waals surface area contributed by atoms with Crippen LogP contribution in [0.5, 0.6) is 0 Å². The molecule has 0 bridgehead atoms. The van der Waals surface area contributed by atoms with Gasteiger partial charge >= 0.3 is 0 Å². The van der Waals surface area contributed by atoms with E-state index in [1.807, 2.05) is 31.4 Å². The van der Waals surface area contributed by atoms with Gasteiger partial charge in [-0.1, -0.05) is 18.2 Å². The molecule has 0 radical (unpaired) electrons. The second-order valence-electron chi connectivity index (χ2n) is 6.93. The van der Waals surface area contributed by atoms with Crippen LogP contribution in [0.15, 0.2) is 60.2 Å². The second-order valence-corrected chi connectivity index (χ2v) is 7.78. The summed E-state index contributed by atoms with van der Waals surface area (Å²) in [6.07, 6.45) is 3.42. The van der Waals surface area contributed by atoms with E-state index in [-0.39, 0.29) is 5.56 Å². The maximum absolute atomic E-state index is 14.9. The number of halogens is 1. The molecule has 0 fully saturated rings. The average molecular weight is 418 g/mol. The molecule has 1 amide bonds.